The molecule has 1 heteroatoms. The molecule has 20 heavy (non-hydrogen) atoms. The van der Waals surface area contributed by atoms with Gasteiger partial charge in [-0.25, -0.2) is 0 Å². The first-order valence-corrected chi connectivity index (χ1v) is 8.17. The minimum absolute atomic E-state index is 0.0171. The summed E-state index contributed by atoms with van der Waals surface area (Å²) >= 11 is 0. The molecule has 0 saturated heterocycles. The average molecular weight is 272 g/mol. The van der Waals surface area contributed by atoms with Crippen molar-refractivity contribution in [2.75, 3.05) is 0 Å². The number of carbonyl (C=O) groups is 1. The first-order valence-electron chi connectivity index (χ1n) is 8.17. The normalized spacial score (nSPS) is 19.5. The van der Waals surface area contributed by atoms with Crippen molar-refractivity contribution >= 4 is 5.78 Å². The summed E-state index contributed by atoms with van der Waals surface area (Å²) in [5.74, 6) is 1.10. The fraction of sp³-hybridized carbons (Fsp3) is 0.632. The molecule has 1 aliphatic carbocycles. The fourth-order valence-corrected chi connectivity index (χ4v) is 3.65. The lowest BCUT2D eigenvalue weighted by Gasteiger charge is -2.35. The van der Waals surface area contributed by atoms with Crippen molar-refractivity contribution in [3.8, 4) is 0 Å². The van der Waals surface area contributed by atoms with E-state index in [4.69, 9.17) is 0 Å². The van der Waals surface area contributed by atoms with E-state index in [1.165, 1.54) is 31.2 Å². The van der Waals surface area contributed by atoms with E-state index in [0.717, 1.165) is 25.7 Å². The highest BCUT2D eigenvalue weighted by Crippen LogP contribution is 2.42. The lowest BCUT2D eigenvalue weighted by molar-refractivity contribution is -0.129. The zero-order valence-corrected chi connectivity index (χ0v) is 13.0. The van der Waals surface area contributed by atoms with E-state index in [2.05, 4.69) is 37.3 Å². The van der Waals surface area contributed by atoms with Gasteiger partial charge in [0.2, 0.25) is 0 Å². The van der Waals surface area contributed by atoms with E-state index in [1.54, 1.807) is 0 Å². The molecule has 1 nitrogen and oxygen atoms in total. The number of hydrogen-bond donors (Lipinski definition) is 0. The zero-order valence-electron chi connectivity index (χ0n) is 13.0. The summed E-state index contributed by atoms with van der Waals surface area (Å²) in [6, 6.07) is 10.7. The largest absolute Gasteiger partial charge is 0.299 e. The fourth-order valence-electron chi connectivity index (χ4n) is 3.65. The third-order valence-electron chi connectivity index (χ3n) is 5.10. The molecule has 0 N–H and O–H groups in total. The Morgan fingerprint density at radius 1 is 1.15 bits per heavy atom. The van der Waals surface area contributed by atoms with Gasteiger partial charge in [-0.2, -0.15) is 0 Å². The van der Waals surface area contributed by atoms with Crippen molar-refractivity contribution in [3.05, 3.63) is 35.9 Å². The van der Waals surface area contributed by atoms with E-state index >= 15 is 0 Å². The van der Waals surface area contributed by atoms with E-state index < -0.39 is 0 Å². The number of hydrogen-bond acceptors (Lipinski definition) is 1. The molecule has 0 unspecified atom stereocenters. The first-order chi connectivity index (χ1) is 9.62. The second-order valence-electron chi connectivity index (χ2n) is 6.73. The summed E-state index contributed by atoms with van der Waals surface area (Å²) in [6.45, 7) is 4.14. The highest BCUT2D eigenvalue weighted by atomic mass is 16.1. The lowest BCUT2D eigenvalue weighted by Crippen LogP contribution is -2.32. The summed E-state index contributed by atoms with van der Waals surface area (Å²) in [5.41, 5.74) is 1.43. The molecule has 0 spiro atoms. The zero-order chi connectivity index (χ0) is 14.4. The molecule has 2 rings (SSSR count). The molecule has 0 aliphatic heterocycles. The standard InChI is InChI=1S/C19H28O/c1-16(15-18-9-5-3-6-10-18)11-14-19(17(2)20)12-7-4-8-13-19/h3,5-6,9-10,16H,4,7-8,11-15H2,1-2H3/t16-/m1/s1. The average Bonchev–Trinajstić information content (AvgIpc) is 2.47. The Morgan fingerprint density at radius 2 is 1.80 bits per heavy atom. The van der Waals surface area contributed by atoms with Gasteiger partial charge in [0.15, 0.2) is 0 Å². The smallest absolute Gasteiger partial charge is 0.135 e. The SMILES string of the molecule is CC(=O)C1(CC[C@@H](C)Cc2ccccc2)CCCCC1. The van der Waals surface area contributed by atoms with Crippen LogP contribution in [-0.4, -0.2) is 5.78 Å². The molecule has 1 aromatic carbocycles. The summed E-state index contributed by atoms with van der Waals surface area (Å²) in [7, 11) is 0. The van der Waals surface area contributed by atoms with Crippen molar-refractivity contribution in [1.82, 2.24) is 0 Å². The predicted molar refractivity (Wildman–Crippen MR) is 84.7 cm³/mol. The van der Waals surface area contributed by atoms with Crippen LogP contribution >= 0.6 is 0 Å². The van der Waals surface area contributed by atoms with Gasteiger partial charge < -0.3 is 0 Å². The lowest BCUT2D eigenvalue weighted by atomic mass is 9.68. The van der Waals surface area contributed by atoms with Gasteiger partial charge in [-0.05, 0) is 50.5 Å². The van der Waals surface area contributed by atoms with Crippen molar-refractivity contribution in [3.63, 3.8) is 0 Å². The minimum atomic E-state index is 0.0171. The van der Waals surface area contributed by atoms with Gasteiger partial charge >= 0.3 is 0 Å². The Kier molecular flexibility index (Phi) is 5.39. The molecule has 0 radical (unpaired) electrons. The Balaban J connectivity index is 1.87. The molecule has 110 valence electrons. The van der Waals surface area contributed by atoms with Gasteiger partial charge in [0, 0.05) is 5.41 Å². The predicted octanol–water partition coefficient (Wildman–Crippen LogP) is 5.18. The van der Waals surface area contributed by atoms with Gasteiger partial charge in [0.05, 0.1) is 0 Å². The molecule has 1 atom stereocenters. The van der Waals surface area contributed by atoms with Gasteiger partial charge in [0.25, 0.3) is 0 Å². The van der Waals surface area contributed by atoms with Crippen LogP contribution in [-0.2, 0) is 11.2 Å². The van der Waals surface area contributed by atoms with Crippen LogP contribution in [0.1, 0.15) is 64.4 Å². The molecule has 1 aromatic rings. The third kappa shape index (κ3) is 3.94. The van der Waals surface area contributed by atoms with Crippen LogP contribution in [0.4, 0.5) is 0 Å². The highest BCUT2D eigenvalue weighted by molar-refractivity contribution is 5.82. The van der Waals surface area contributed by atoms with Crippen LogP contribution in [0.5, 0.6) is 0 Å². The Bertz CT molecular complexity index is 415. The third-order valence-corrected chi connectivity index (χ3v) is 5.10. The van der Waals surface area contributed by atoms with Gasteiger partial charge in [0.1, 0.15) is 5.78 Å². The van der Waals surface area contributed by atoms with Crippen molar-refractivity contribution in [1.29, 1.82) is 0 Å². The Hall–Kier alpha value is -1.11. The molecular formula is C19H28O. The first kappa shape index (κ1) is 15.3. The summed E-state index contributed by atoms with van der Waals surface area (Å²) in [5, 5.41) is 0. The minimum Gasteiger partial charge on any atom is -0.299 e. The van der Waals surface area contributed by atoms with Crippen LogP contribution < -0.4 is 0 Å². The van der Waals surface area contributed by atoms with E-state index in [0.29, 0.717) is 11.7 Å². The molecule has 0 heterocycles. The van der Waals surface area contributed by atoms with Crippen LogP contribution in [0.2, 0.25) is 0 Å². The van der Waals surface area contributed by atoms with Crippen LogP contribution in [0.3, 0.4) is 0 Å². The summed E-state index contributed by atoms with van der Waals surface area (Å²) in [4.78, 5) is 12.1. The maximum absolute atomic E-state index is 12.1. The molecule has 1 aliphatic rings. The molecule has 1 fully saturated rings. The highest BCUT2D eigenvalue weighted by Gasteiger charge is 2.36. The van der Waals surface area contributed by atoms with E-state index in [9.17, 15) is 4.79 Å². The quantitative estimate of drug-likeness (QED) is 0.697. The second-order valence-corrected chi connectivity index (χ2v) is 6.73. The van der Waals surface area contributed by atoms with Crippen LogP contribution in [0, 0.1) is 11.3 Å². The Morgan fingerprint density at radius 3 is 2.40 bits per heavy atom. The molecule has 0 amide bonds. The number of ketones is 1. The number of rotatable bonds is 6. The maximum Gasteiger partial charge on any atom is 0.135 e. The van der Waals surface area contributed by atoms with Gasteiger partial charge in [-0.1, -0.05) is 56.5 Å². The molecule has 1 saturated carbocycles. The number of benzene rings is 1. The van der Waals surface area contributed by atoms with Gasteiger partial charge in [-0.15, -0.1) is 0 Å². The van der Waals surface area contributed by atoms with E-state index in [1.807, 2.05) is 6.92 Å². The van der Waals surface area contributed by atoms with Crippen molar-refractivity contribution < 1.29 is 4.79 Å². The topological polar surface area (TPSA) is 17.1 Å². The maximum atomic E-state index is 12.1. The van der Waals surface area contributed by atoms with Crippen molar-refractivity contribution in [2.45, 2.75) is 65.2 Å². The van der Waals surface area contributed by atoms with E-state index in [-0.39, 0.29) is 5.41 Å². The molecular weight excluding hydrogens is 244 g/mol. The van der Waals surface area contributed by atoms with Gasteiger partial charge in [-0.3, -0.25) is 4.79 Å². The second kappa shape index (κ2) is 7.06. The summed E-state index contributed by atoms with van der Waals surface area (Å²) < 4.78 is 0. The number of Topliss-reactive ketones (excluding diaryl/α,β-unsaturated/α-hetero) is 1. The molecule has 0 bridgehead atoms. The monoisotopic (exact) mass is 272 g/mol. The summed E-state index contributed by atoms with van der Waals surface area (Å²) in [6.07, 6.45) is 9.45. The van der Waals surface area contributed by atoms with Crippen LogP contribution in [0.15, 0.2) is 30.3 Å². The van der Waals surface area contributed by atoms with Crippen LogP contribution in [0.25, 0.3) is 0 Å². The Labute approximate surface area is 123 Å². The van der Waals surface area contributed by atoms with Crippen molar-refractivity contribution in [2.24, 2.45) is 11.3 Å². The number of carbonyl (C=O) groups excluding carboxylic acids is 1. The molecule has 0 aromatic heterocycles.